The first kappa shape index (κ1) is 27.0. The minimum Gasteiger partial charge on any atom is -0.493 e. The second kappa shape index (κ2) is 10.8. The van der Waals surface area contributed by atoms with Gasteiger partial charge in [0.2, 0.25) is 0 Å². The van der Waals surface area contributed by atoms with Crippen LogP contribution in [0.5, 0.6) is 11.5 Å². The molecular weight excluding hydrogens is 440 g/mol. The topological polar surface area (TPSA) is 86.3 Å². The quantitative estimate of drug-likeness (QED) is 0.548. The number of likely N-dealkylation sites (tertiary alicyclic amines) is 1. The molecule has 8 nitrogen and oxygen atoms in total. The van der Waals surface area contributed by atoms with Gasteiger partial charge in [-0.25, -0.2) is 9.22 Å². The predicted octanol–water partition coefficient (Wildman–Crippen LogP) is 5.09. The largest absolute Gasteiger partial charge is 0.493 e. The van der Waals surface area contributed by atoms with Crippen LogP contribution in [0.2, 0.25) is 11.6 Å². The highest BCUT2D eigenvalue weighted by Crippen LogP contribution is 2.36. The summed E-state index contributed by atoms with van der Waals surface area (Å²) in [5.74, 6) is 0.632. The molecule has 1 atom stereocenters. The number of nitrogens with zero attached hydrogens (tertiary/aromatic N) is 1. The minimum atomic E-state index is -1.01. The van der Waals surface area contributed by atoms with Crippen molar-refractivity contribution in [3.05, 3.63) is 17.7 Å². The van der Waals surface area contributed by atoms with Crippen LogP contribution in [0.15, 0.2) is 12.1 Å². The van der Waals surface area contributed by atoms with E-state index in [0.29, 0.717) is 35.9 Å². The Hall–Kier alpha value is -2.26. The van der Waals surface area contributed by atoms with Crippen LogP contribution in [0.25, 0.3) is 0 Å². The van der Waals surface area contributed by atoms with Gasteiger partial charge in [-0.2, -0.15) is 0 Å². The molecule has 1 N–H and O–H groups in total. The van der Waals surface area contributed by atoms with Crippen LogP contribution in [0.3, 0.4) is 0 Å². The van der Waals surface area contributed by atoms with Gasteiger partial charge >= 0.3 is 15.1 Å². The highest BCUT2D eigenvalue weighted by Gasteiger charge is 2.41. The van der Waals surface area contributed by atoms with Gasteiger partial charge in [0.05, 0.1) is 38.1 Å². The summed E-state index contributed by atoms with van der Waals surface area (Å²) >= 11 is 0. The molecule has 1 aromatic rings. The Labute approximate surface area is 199 Å². The number of nitrogens with one attached hydrogen (secondary N) is 1. The third-order valence-corrected chi connectivity index (χ3v) is 8.29. The molecule has 1 saturated heterocycles. The van der Waals surface area contributed by atoms with Crippen molar-refractivity contribution in [2.75, 3.05) is 32.7 Å². The van der Waals surface area contributed by atoms with E-state index in [1.807, 2.05) is 4.90 Å². The maximum Gasteiger partial charge on any atom is 0.475 e. The number of ether oxygens (including phenoxy) is 3. The number of amides is 2. The van der Waals surface area contributed by atoms with Crippen molar-refractivity contribution in [3.8, 4) is 11.5 Å². The smallest absolute Gasteiger partial charge is 0.475 e. The van der Waals surface area contributed by atoms with E-state index in [1.54, 1.807) is 32.9 Å². The predicted molar refractivity (Wildman–Crippen MR) is 131 cm³/mol. The molecule has 1 aliphatic rings. The van der Waals surface area contributed by atoms with Crippen molar-refractivity contribution < 1.29 is 28.2 Å². The molecule has 0 saturated carbocycles. The number of anilines is 1. The normalized spacial score (nSPS) is 16.4. The standard InChI is InChI=1S/C24H38N2O6Si/c1-23(2,3)32-22(28)25-18-14-20(30-8)19(29-7)13-17(18)21(27)26-12-10-11-16(26)15-31-33(9)24(4,5)6/h13-14,16H,10-12,15H2,1-9H3/p+1/t16-/m0/s1. The fourth-order valence-corrected chi connectivity index (χ4v) is 4.32. The highest BCUT2D eigenvalue weighted by molar-refractivity contribution is 6.53. The van der Waals surface area contributed by atoms with E-state index in [1.165, 1.54) is 14.2 Å². The van der Waals surface area contributed by atoms with E-state index < -0.39 is 20.7 Å². The lowest BCUT2D eigenvalue weighted by atomic mass is 10.1. The van der Waals surface area contributed by atoms with Gasteiger partial charge in [-0.3, -0.25) is 10.1 Å². The van der Waals surface area contributed by atoms with Gasteiger partial charge in [0.1, 0.15) is 17.2 Å². The van der Waals surface area contributed by atoms with Crippen molar-refractivity contribution in [3.63, 3.8) is 0 Å². The average Bonchev–Trinajstić information content (AvgIpc) is 3.17. The summed E-state index contributed by atoms with van der Waals surface area (Å²) in [4.78, 5) is 27.9. The minimum absolute atomic E-state index is 0.0118. The molecule has 2 amide bonds. The van der Waals surface area contributed by atoms with Crippen LogP contribution >= 0.6 is 0 Å². The van der Waals surface area contributed by atoms with Crippen molar-refractivity contribution in [2.45, 2.75) is 77.6 Å². The zero-order chi connectivity index (χ0) is 25.0. The fourth-order valence-electron chi connectivity index (χ4n) is 3.44. The Morgan fingerprint density at radius 2 is 1.70 bits per heavy atom. The Bertz CT molecular complexity index is 847. The van der Waals surface area contributed by atoms with Gasteiger partial charge in [-0.05, 0) is 60.5 Å². The number of carbonyl (C=O) groups excluding carboxylic acids is 2. The molecule has 1 heterocycles. The molecule has 1 aromatic carbocycles. The van der Waals surface area contributed by atoms with Crippen LogP contribution in [-0.2, 0) is 9.16 Å². The van der Waals surface area contributed by atoms with Crippen LogP contribution in [0.1, 0.15) is 64.7 Å². The molecule has 1 fully saturated rings. The van der Waals surface area contributed by atoms with Crippen LogP contribution < -0.4 is 14.8 Å². The lowest BCUT2D eigenvalue weighted by Crippen LogP contribution is -2.41. The summed E-state index contributed by atoms with van der Waals surface area (Å²) in [5.41, 5.74) is -0.0360. The molecule has 0 unspecified atom stereocenters. The summed E-state index contributed by atoms with van der Waals surface area (Å²) < 4.78 is 22.4. The maximum absolute atomic E-state index is 13.6. The summed E-state index contributed by atoms with van der Waals surface area (Å²) in [7, 11) is 2.00. The molecule has 1 aliphatic heterocycles. The molecule has 0 bridgehead atoms. The Morgan fingerprint density at radius 1 is 1.09 bits per heavy atom. The molecule has 0 spiro atoms. The Morgan fingerprint density at radius 3 is 2.24 bits per heavy atom. The summed E-state index contributed by atoms with van der Waals surface area (Å²) in [6.07, 6.45) is 1.14. The highest BCUT2D eigenvalue weighted by atomic mass is 28.3. The van der Waals surface area contributed by atoms with Crippen molar-refractivity contribution in [2.24, 2.45) is 0 Å². The van der Waals surface area contributed by atoms with Gasteiger partial charge in [-0.1, -0.05) is 0 Å². The van der Waals surface area contributed by atoms with Crippen LogP contribution in [0, 0.1) is 0 Å². The first-order chi connectivity index (χ1) is 15.3. The third-order valence-electron chi connectivity index (χ3n) is 5.58. The SMILES string of the molecule is COc1cc(NC(=O)OC(C)(C)C)c(C(=O)N2CCC[C@H]2CO[Si+](C)C(C)(C)C)cc1OC. The van der Waals surface area contributed by atoms with Gasteiger partial charge < -0.3 is 19.1 Å². The summed E-state index contributed by atoms with van der Waals surface area (Å²) in [6.45, 7) is 15.2. The third kappa shape index (κ3) is 7.36. The number of hydrogen-bond acceptors (Lipinski definition) is 6. The van der Waals surface area contributed by atoms with E-state index in [2.05, 4.69) is 32.6 Å². The molecule has 2 rings (SSSR count). The lowest BCUT2D eigenvalue weighted by Gasteiger charge is -2.26. The molecule has 0 aromatic heterocycles. The van der Waals surface area contributed by atoms with Crippen LogP contribution in [0.4, 0.5) is 10.5 Å². The first-order valence-corrected chi connectivity index (χ1v) is 13.2. The van der Waals surface area contributed by atoms with Crippen LogP contribution in [-0.4, -0.2) is 65.0 Å². The van der Waals surface area contributed by atoms with Crippen molar-refractivity contribution >= 4 is 26.7 Å². The van der Waals surface area contributed by atoms with E-state index in [0.717, 1.165) is 12.8 Å². The van der Waals surface area contributed by atoms with E-state index in [4.69, 9.17) is 18.6 Å². The molecule has 0 aliphatic carbocycles. The summed E-state index contributed by atoms with van der Waals surface area (Å²) in [5, 5.41) is 2.83. The number of methoxy groups -OCH3 is 2. The van der Waals surface area contributed by atoms with E-state index >= 15 is 0 Å². The number of carbonyl (C=O) groups is 2. The van der Waals surface area contributed by atoms with E-state index in [-0.39, 0.29) is 17.0 Å². The zero-order valence-corrected chi connectivity index (χ0v) is 22.5. The lowest BCUT2D eigenvalue weighted by molar-refractivity contribution is 0.0635. The zero-order valence-electron chi connectivity index (χ0n) is 21.5. The van der Waals surface area contributed by atoms with Gasteiger partial charge in [0, 0.05) is 12.6 Å². The second-order valence-electron chi connectivity index (χ2n) is 10.3. The molecule has 9 heteroatoms. The molecule has 33 heavy (non-hydrogen) atoms. The van der Waals surface area contributed by atoms with Gasteiger partial charge in [0.15, 0.2) is 11.5 Å². The monoisotopic (exact) mass is 479 g/mol. The average molecular weight is 480 g/mol. The summed E-state index contributed by atoms with van der Waals surface area (Å²) in [6, 6.07) is 3.18. The second-order valence-corrected chi connectivity index (χ2v) is 13.2. The Kier molecular flexibility index (Phi) is 8.81. The maximum atomic E-state index is 13.6. The van der Waals surface area contributed by atoms with Crippen molar-refractivity contribution in [1.29, 1.82) is 0 Å². The number of hydrogen-bond donors (Lipinski definition) is 1. The van der Waals surface area contributed by atoms with E-state index in [9.17, 15) is 9.59 Å². The first-order valence-electron chi connectivity index (χ1n) is 11.3. The molecule has 0 radical (unpaired) electrons. The fraction of sp³-hybridized carbons (Fsp3) is 0.667. The van der Waals surface area contributed by atoms with Gasteiger partial charge in [0.25, 0.3) is 5.91 Å². The van der Waals surface area contributed by atoms with Crippen molar-refractivity contribution in [1.82, 2.24) is 4.90 Å². The molecule has 184 valence electrons. The number of rotatable bonds is 7. The Balaban J connectivity index is 2.31. The van der Waals surface area contributed by atoms with Gasteiger partial charge in [-0.15, -0.1) is 0 Å². The molecular formula is C24H39N2O6Si+. The number of benzene rings is 1.